The molecule has 1 heterocycles. The van der Waals surface area contributed by atoms with Crippen LogP contribution in [0.1, 0.15) is 23.0 Å². The Morgan fingerprint density at radius 3 is 2.55 bits per heavy atom. The van der Waals surface area contributed by atoms with E-state index in [-0.39, 0.29) is 11.6 Å². The quantitative estimate of drug-likeness (QED) is 0.423. The summed E-state index contributed by atoms with van der Waals surface area (Å²) in [6.07, 6.45) is 1.58. The zero-order chi connectivity index (χ0) is 16.1. The lowest BCUT2D eigenvalue weighted by atomic mass is 10.2. The van der Waals surface area contributed by atoms with Gasteiger partial charge in [-0.2, -0.15) is 5.10 Å². The highest BCUT2D eigenvalue weighted by Gasteiger charge is 2.17. The van der Waals surface area contributed by atoms with Crippen LogP contribution < -0.4 is 21.3 Å². The fraction of sp³-hybridized carbons (Fsp3) is 0.214. The van der Waals surface area contributed by atoms with Gasteiger partial charge in [-0.05, 0) is 17.7 Å². The van der Waals surface area contributed by atoms with Gasteiger partial charge < -0.3 is 10.1 Å². The summed E-state index contributed by atoms with van der Waals surface area (Å²) in [7, 11) is 1.60. The Hall–Kier alpha value is -2.87. The van der Waals surface area contributed by atoms with Crippen molar-refractivity contribution < 1.29 is 14.3 Å². The van der Waals surface area contributed by atoms with Crippen LogP contribution in [0.25, 0.3) is 0 Å². The highest BCUT2D eigenvalue weighted by Crippen LogP contribution is 2.16. The van der Waals surface area contributed by atoms with E-state index in [4.69, 9.17) is 10.6 Å². The van der Waals surface area contributed by atoms with Gasteiger partial charge in [-0.25, -0.2) is 5.84 Å². The monoisotopic (exact) mass is 303 g/mol. The summed E-state index contributed by atoms with van der Waals surface area (Å²) in [5.74, 6) is 5.01. The zero-order valence-corrected chi connectivity index (χ0v) is 12.3. The topological polar surface area (TPSA) is 111 Å². The molecule has 8 nitrogen and oxygen atoms in total. The lowest BCUT2D eigenvalue weighted by molar-refractivity contribution is -0.114. The minimum Gasteiger partial charge on any atom is -0.497 e. The van der Waals surface area contributed by atoms with Gasteiger partial charge in [0, 0.05) is 13.1 Å². The van der Waals surface area contributed by atoms with E-state index in [1.165, 1.54) is 6.92 Å². The minimum absolute atomic E-state index is 0.0613. The molecule has 2 rings (SSSR count). The number of methoxy groups -OCH3 is 1. The molecule has 0 spiro atoms. The summed E-state index contributed by atoms with van der Waals surface area (Å²) in [4.78, 5) is 22.9. The van der Waals surface area contributed by atoms with Crippen molar-refractivity contribution in [2.45, 2.75) is 13.5 Å². The van der Waals surface area contributed by atoms with Crippen molar-refractivity contribution in [3.8, 4) is 5.75 Å². The molecule has 0 fully saturated rings. The average Bonchev–Trinajstić information content (AvgIpc) is 2.89. The maximum absolute atomic E-state index is 11.7. The molecule has 2 aromatic rings. The molecule has 0 atom stereocenters. The summed E-state index contributed by atoms with van der Waals surface area (Å²) in [6.45, 7) is 1.79. The van der Waals surface area contributed by atoms with Gasteiger partial charge >= 0.3 is 0 Å². The first-order chi connectivity index (χ1) is 10.5. The number of aromatic nitrogens is 2. The van der Waals surface area contributed by atoms with E-state index in [1.807, 2.05) is 29.7 Å². The van der Waals surface area contributed by atoms with Crippen LogP contribution in [0.2, 0.25) is 0 Å². The number of hydrogen-bond donors (Lipinski definition) is 3. The second-order valence-electron chi connectivity index (χ2n) is 4.59. The molecule has 0 saturated carbocycles. The van der Waals surface area contributed by atoms with Crippen molar-refractivity contribution in [3.05, 3.63) is 41.7 Å². The number of nitrogens with two attached hydrogens (primary N) is 1. The number of nitrogens with one attached hydrogen (secondary N) is 2. The van der Waals surface area contributed by atoms with Crippen LogP contribution in [0.3, 0.4) is 0 Å². The molecule has 0 bridgehead atoms. The van der Waals surface area contributed by atoms with Crippen LogP contribution in [0.15, 0.2) is 30.5 Å². The number of nitrogens with zero attached hydrogens (tertiary/aromatic N) is 2. The van der Waals surface area contributed by atoms with Crippen LogP contribution in [0.4, 0.5) is 5.69 Å². The molecule has 0 radical (unpaired) electrons. The number of benzene rings is 1. The van der Waals surface area contributed by atoms with Crippen LogP contribution in [-0.2, 0) is 11.3 Å². The highest BCUT2D eigenvalue weighted by molar-refractivity contribution is 6.01. The van der Waals surface area contributed by atoms with Gasteiger partial charge in [0.2, 0.25) is 5.91 Å². The average molecular weight is 303 g/mol. The number of hydrazine groups is 1. The van der Waals surface area contributed by atoms with Gasteiger partial charge in [0.05, 0.1) is 19.3 Å². The Labute approximate surface area is 127 Å². The van der Waals surface area contributed by atoms with E-state index < -0.39 is 5.91 Å². The Morgan fingerprint density at radius 2 is 2.00 bits per heavy atom. The second kappa shape index (κ2) is 6.72. The summed E-state index contributed by atoms with van der Waals surface area (Å²) in [5, 5.41) is 6.70. The molecule has 22 heavy (non-hydrogen) atoms. The van der Waals surface area contributed by atoms with E-state index in [2.05, 4.69) is 10.4 Å². The SMILES string of the molecule is COc1ccc(Cn2cc(NC(C)=O)c(C(=O)NN)n2)cc1. The van der Waals surface area contributed by atoms with E-state index in [1.54, 1.807) is 18.0 Å². The smallest absolute Gasteiger partial charge is 0.287 e. The Kier molecular flexibility index (Phi) is 4.74. The van der Waals surface area contributed by atoms with Crippen LogP contribution >= 0.6 is 0 Å². The lowest BCUT2D eigenvalue weighted by Crippen LogP contribution is -2.31. The molecule has 0 aliphatic carbocycles. The largest absolute Gasteiger partial charge is 0.497 e. The first-order valence-electron chi connectivity index (χ1n) is 6.52. The van der Waals surface area contributed by atoms with Gasteiger partial charge in [0.15, 0.2) is 5.69 Å². The van der Waals surface area contributed by atoms with Crippen molar-refractivity contribution >= 4 is 17.5 Å². The summed E-state index contributed by atoms with van der Waals surface area (Å²) < 4.78 is 6.65. The Bertz CT molecular complexity index is 678. The van der Waals surface area contributed by atoms with Crippen molar-refractivity contribution in [2.75, 3.05) is 12.4 Å². The Balaban J connectivity index is 2.24. The predicted octanol–water partition coefficient (Wildman–Crippen LogP) is 0.502. The van der Waals surface area contributed by atoms with Crippen molar-refractivity contribution in [1.82, 2.24) is 15.2 Å². The van der Waals surface area contributed by atoms with Gasteiger partial charge in [-0.15, -0.1) is 0 Å². The predicted molar refractivity (Wildman–Crippen MR) is 80.3 cm³/mol. The number of hydrogen-bond acceptors (Lipinski definition) is 5. The number of carbonyl (C=O) groups is 2. The fourth-order valence-electron chi connectivity index (χ4n) is 1.94. The number of anilines is 1. The molecule has 2 amide bonds. The number of carbonyl (C=O) groups excluding carboxylic acids is 2. The van der Waals surface area contributed by atoms with Crippen molar-refractivity contribution in [2.24, 2.45) is 5.84 Å². The van der Waals surface area contributed by atoms with Crippen LogP contribution in [-0.4, -0.2) is 28.7 Å². The first-order valence-corrected chi connectivity index (χ1v) is 6.52. The van der Waals surface area contributed by atoms with Crippen LogP contribution in [0, 0.1) is 0 Å². The molecule has 1 aromatic carbocycles. The highest BCUT2D eigenvalue weighted by atomic mass is 16.5. The number of amides is 2. The molecule has 0 aliphatic heterocycles. The minimum atomic E-state index is -0.572. The maximum Gasteiger partial charge on any atom is 0.287 e. The number of ether oxygens (including phenoxy) is 1. The summed E-state index contributed by atoms with van der Waals surface area (Å²) in [6, 6.07) is 7.45. The van der Waals surface area contributed by atoms with E-state index >= 15 is 0 Å². The third-order valence-corrected chi connectivity index (χ3v) is 2.92. The van der Waals surface area contributed by atoms with Gasteiger partial charge in [-0.1, -0.05) is 12.1 Å². The summed E-state index contributed by atoms with van der Waals surface area (Å²) in [5.41, 5.74) is 3.34. The lowest BCUT2D eigenvalue weighted by Gasteiger charge is -2.03. The molecule has 0 unspecified atom stereocenters. The normalized spacial score (nSPS) is 10.1. The van der Waals surface area contributed by atoms with E-state index in [0.29, 0.717) is 12.2 Å². The first kappa shape index (κ1) is 15.5. The van der Waals surface area contributed by atoms with Gasteiger partial charge in [0.25, 0.3) is 5.91 Å². The second-order valence-corrected chi connectivity index (χ2v) is 4.59. The van der Waals surface area contributed by atoms with Crippen LogP contribution in [0.5, 0.6) is 5.75 Å². The van der Waals surface area contributed by atoms with Gasteiger partial charge in [0.1, 0.15) is 5.75 Å². The summed E-state index contributed by atoms with van der Waals surface area (Å²) >= 11 is 0. The molecule has 1 aromatic heterocycles. The van der Waals surface area contributed by atoms with E-state index in [0.717, 1.165) is 11.3 Å². The van der Waals surface area contributed by atoms with Crippen molar-refractivity contribution in [1.29, 1.82) is 0 Å². The van der Waals surface area contributed by atoms with Gasteiger partial charge in [-0.3, -0.25) is 19.7 Å². The third kappa shape index (κ3) is 3.61. The Morgan fingerprint density at radius 1 is 1.32 bits per heavy atom. The number of nitrogen functional groups attached to an aromatic ring is 1. The number of rotatable bonds is 5. The molecular formula is C14H17N5O3. The van der Waals surface area contributed by atoms with Crippen molar-refractivity contribution in [3.63, 3.8) is 0 Å². The zero-order valence-electron chi connectivity index (χ0n) is 12.3. The fourth-order valence-corrected chi connectivity index (χ4v) is 1.94. The maximum atomic E-state index is 11.7. The molecule has 116 valence electrons. The molecule has 0 saturated heterocycles. The molecular weight excluding hydrogens is 286 g/mol. The standard InChI is InChI=1S/C14H17N5O3/c1-9(20)16-12-8-19(18-13(12)14(21)17-15)7-10-3-5-11(22-2)6-4-10/h3-6,8H,7,15H2,1-2H3,(H,16,20)(H,17,21). The third-order valence-electron chi connectivity index (χ3n) is 2.92. The van der Waals surface area contributed by atoms with E-state index in [9.17, 15) is 9.59 Å². The molecule has 4 N–H and O–H groups in total. The molecule has 8 heteroatoms. The molecule has 0 aliphatic rings.